The number of hydrogen-bond donors (Lipinski definition) is 4. The van der Waals surface area contributed by atoms with Gasteiger partial charge in [-0.2, -0.15) is 0 Å². The Labute approximate surface area is 272 Å². The second-order valence-corrected chi connectivity index (χ2v) is 12.3. The molecule has 1 saturated heterocycles. The van der Waals surface area contributed by atoms with Gasteiger partial charge in [-0.25, -0.2) is 14.8 Å². The maximum Gasteiger partial charge on any atom is 0.407 e. The minimum atomic E-state index is -0.673. The fourth-order valence-corrected chi connectivity index (χ4v) is 6.44. The maximum atomic E-state index is 13.6. The molecule has 2 atom stereocenters. The number of fused-ring (bicyclic) bond motifs is 2. The van der Waals surface area contributed by atoms with Crippen molar-refractivity contribution >= 4 is 45.4 Å². The lowest BCUT2D eigenvalue weighted by Crippen LogP contribution is -2.51. The molecule has 0 radical (unpaired) electrons. The smallest absolute Gasteiger partial charge is 0.407 e. The van der Waals surface area contributed by atoms with Crippen molar-refractivity contribution in [2.24, 2.45) is 5.92 Å². The Hall–Kier alpha value is -5.64. The number of H-pyrrole nitrogens is 2. The number of rotatable bonds is 8. The Balaban J connectivity index is 1.14. The van der Waals surface area contributed by atoms with Crippen LogP contribution in [0.3, 0.4) is 0 Å². The quantitative estimate of drug-likeness (QED) is 0.138. The van der Waals surface area contributed by atoms with E-state index < -0.39 is 12.1 Å². The Morgan fingerprint density at radius 3 is 2.47 bits per heavy atom. The Morgan fingerprint density at radius 1 is 0.936 bits per heavy atom. The first-order chi connectivity index (χ1) is 22.9. The zero-order chi connectivity index (χ0) is 32.5. The summed E-state index contributed by atoms with van der Waals surface area (Å²) in [6.45, 7) is 4.44. The molecule has 1 aliphatic rings. The van der Waals surface area contributed by atoms with E-state index in [9.17, 15) is 9.59 Å². The molecule has 47 heavy (non-hydrogen) atoms. The van der Waals surface area contributed by atoms with Crippen LogP contribution >= 0.6 is 0 Å². The van der Waals surface area contributed by atoms with E-state index in [1.165, 1.54) is 7.11 Å². The van der Waals surface area contributed by atoms with Gasteiger partial charge < -0.3 is 30.2 Å². The van der Waals surface area contributed by atoms with E-state index >= 15 is 0 Å². The summed E-state index contributed by atoms with van der Waals surface area (Å²) in [4.78, 5) is 43.6. The molecule has 4 N–H and O–H groups in total. The standard InChI is InChI=1S/C37H37N7O3/c1-22(2)32(43-37(46)47-3)36(45)44-19-7-10-31(44)35-41-28-17-15-25(20-30(28)42-35)23-11-13-24(14-12-23)27-16-18-29-34(39-21-38-29)33(27)40-26-8-5-4-6-9-26/h4-6,8-9,11-18,20-22,31-32,40H,7,10,19H2,1-3H3,(H,38,39)(H,41,42)(H,43,46). The molecule has 4 aromatic carbocycles. The number of amides is 2. The second-order valence-electron chi connectivity index (χ2n) is 12.3. The third kappa shape index (κ3) is 5.90. The van der Waals surface area contributed by atoms with Crippen LogP contribution in [0.15, 0.2) is 91.3 Å². The summed E-state index contributed by atoms with van der Waals surface area (Å²) >= 11 is 0. The number of likely N-dealkylation sites (tertiary alicyclic amines) is 1. The zero-order valence-corrected chi connectivity index (χ0v) is 26.6. The predicted molar refractivity (Wildman–Crippen MR) is 184 cm³/mol. The van der Waals surface area contributed by atoms with Crippen LogP contribution in [0.2, 0.25) is 0 Å². The summed E-state index contributed by atoms with van der Waals surface area (Å²) in [6, 6.07) is 28.2. The van der Waals surface area contributed by atoms with E-state index in [1.54, 1.807) is 6.33 Å². The minimum Gasteiger partial charge on any atom is -0.453 e. The van der Waals surface area contributed by atoms with Gasteiger partial charge in [0, 0.05) is 17.8 Å². The summed E-state index contributed by atoms with van der Waals surface area (Å²) in [7, 11) is 1.30. The third-order valence-corrected chi connectivity index (χ3v) is 8.91. The lowest BCUT2D eigenvalue weighted by Gasteiger charge is -2.29. The van der Waals surface area contributed by atoms with Crippen molar-refractivity contribution < 1.29 is 14.3 Å². The number of benzene rings is 4. The molecular weight excluding hydrogens is 590 g/mol. The first-order valence-corrected chi connectivity index (χ1v) is 15.9. The summed E-state index contributed by atoms with van der Waals surface area (Å²) in [5.74, 6) is 0.543. The number of aromatic amines is 2. The second kappa shape index (κ2) is 12.6. The molecule has 2 amide bonds. The highest BCUT2D eigenvalue weighted by atomic mass is 16.5. The van der Waals surface area contributed by atoms with Crippen molar-refractivity contribution in [2.45, 2.75) is 38.8 Å². The number of aromatic nitrogens is 4. The fraction of sp³-hybridized carbons (Fsp3) is 0.243. The number of para-hydroxylation sites is 1. The molecule has 1 aliphatic heterocycles. The van der Waals surface area contributed by atoms with Crippen molar-refractivity contribution in [1.82, 2.24) is 30.2 Å². The SMILES string of the molecule is COC(=O)NC(C(=O)N1CCCC1c1nc2ccc(-c3ccc(-c4ccc5[nH]cnc5c4Nc4ccccc4)cc3)cc2[nH]1)C(C)C. The summed E-state index contributed by atoms with van der Waals surface area (Å²) in [5, 5.41) is 6.29. The molecule has 10 nitrogen and oxygen atoms in total. The van der Waals surface area contributed by atoms with Crippen LogP contribution in [0.25, 0.3) is 44.3 Å². The molecule has 6 aromatic rings. The van der Waals surface area contributed by atoms with E-state index in [4.69, 9.17) is 9.72 Å². The molecular formula is C37H37N7O3. The van der Waals surface area contributed by atoms with Gasteiger partial charge in [0.2, 0.25) is 5.91 Å². The highest BCUT2D eigenvalue weighted by molar-refractivity contribution is 5.99. The van der Waals surface area contributed by atoms with Crippen LogP contribution in [0.5, 0.6) is 0 Å². The molecule has 7 rings (SSSR count). The van der Waals surface area contributed by atoms with Crippen molar-refractivity contribution in [3.8, 4) is 22.3 Å². The molecule has 3 heterocycles. The molecule has 2 aromatic heterocycles. The van der Waals surface area contributed by atoms with E-state index in [-0.39, 0.29) is 17.9 Å². The lowest BCUT2D eigenvalue weighted by atomic mass is 9.98. The number of methoxy groups -OCH3 is 1. The molecule has 0 spiro atoms. The van der Waals surface area contributed by atoms with Crippen LogP contribution in [0, 0.1) is 5.92 Å². The minimum absolute atomic E-state index is 0.0904. The van der Waals surface area contributed by atoms with Crippen molar-refractivity contribution in [3.63, 3.8) is 0 Å². The molecule has 1 fully saturated rings. The van der Waals surface area contributed by atoms with Gasteiger partial charge in [-0.1, -0.05) is 68.4 Å². The van der Waals surface area contributed by atoms with Crippen LogP contribution in [0.1, 0.15) is 38.6 Å². The van der Waals surface area contributed by atoms with Crippen molar-refractivity contribution in [1.29, 1.82) is 0 Å². The zero-order valence-electron chi connectivity index (χ0n) is 26.6. The third-order valence-electron chi connectivity index (χ3n) is 8.91. The Kier molecular flexibility index (Phi) is 8.07. The number of carbonyl (C=O) groups excluding carboxylic acids is 2. The normalized spacial score (nSPS) is 15.3. The molecule has 2 unspecified atom stereocenters. The van der Waals surface area contributed by atoms with Gasteiger partial charge in [0.1, 0.15) is 17.4 Å². The van der Waals surface area contributed by atoms with Gasteiger partial charge >= 0.3 is 6.09 Å². The topological polar surface area (TPSA) is 128 Å². The number of ether oxygens (including phenoxy) is 1. The average Bonchev–Trinajstić information content (AvgIpc) is 3.87. The highest BCUT2D eigenvalue weighted by Crippen LogP contribution is 2.37. The van der Waals surface area contributed by atoms with Crippen molar-refractivity contribution in [2.75, 3.05) is 19.0 Å². The van der Waals surface area contributed by atoms with E-state index in [2.05, 4.69) is 74.1 Å². The molecule has 0 saturated carbocycles. The molecule has 0 aliphatic carbocycles. The van der Waals surface area contributed by atoms with Gasteiger partial charge in [-0.3, -0.25) is 4.79 Å². The Morgan fingerprint density at radius 2 is 1.70 bits per heavy atom. The average molecular weight is 628 g/mol. The summed E-state index contributed by atoms with van der Waals surface area (Å²) < 4.78 is 4.77. The van der Waals surface area contributed by atoms with Crippen molar-refractivity contribution in [3.05, 3.63) is 97.1 Å². The molecule has 0 bridgehead atoms. The summed E-state index contributed by atoms with van der Waals surface area (Å²) in [6.07, 6.45) is 2.77. The van der Waals surface area contributed by atoms with Crippen LogP contribution in [-0.4, -0.2) is 56.5 Å². The molecule has 10 heteroatoms. The highest BCUT2D eigenvalue weighted by Gasteiger charge is 2.37. The van der Waals surface area contributed by atoms with Crippen LogP contribution in [0.4, 0.5) is 16.2 Å². The number of nitrogens with zero attached hydrogens (tertiary/aromatic N) is 3. The number of nitrogens with one attached hydrogen (secondary N) is 4. The van der Waals surface area contributed by atoms with Gasteiger partial charge in [0.15, 0.2) is 0 Å². The monoisotopic (exact) mass is 627 g/mol. The first kappa shape index (κ1) is 30.0. The predicted octanol–water partition coefficient (Wildman–Crippen LogP) is 7.56. The number of alkyl carbamates (subject to hydrolysis) is 1. The van der Waals surface area contributed by atoms with Gasteiger partial charge in [0.05, 0.1) is 41.7 Å². The van der Waals surface area contributed by atoms with E-state index in [0.717, 1.165) is 74.4 Å². The van der Waals surface area contributed by atoms with E-state index in [1.807, 2.05) is 55.1 Å². The van der Waals surface area contributed by atoms with Gasteiger partial charge in [-0.05, 0) is 65.8 Å². The summed E-state index contributed by atoms with van der Waals surface area (Å²) in [5.41, 5.74) is 9.84. The largest absolute Gasteiger partial charge is 0.453 e. The number of imidazole rings is 2. The van der Waals surface area contributed by atoms with Gasteiger partial charge in [0.25, 0.3) is 0 Å². The number of carbonyl (C=O) groups is 2. The maximum absolute atomic E-state index is 13.6. The lowest BCUT2D eigenvalue weighted by molar-refractivity contribution is -0.135. The van der Waals surface area contributed by atoms with Gasteiger partial charge in [-0.15, -0.1) is 0 Å². The first-order valence-electron chi connectivity index (χ1n) is 15.9. The molecule has 238 valence electrons. The number of hydrogen-bond acceptors (Lipinski definition) is 6. The fourth-order valence-electron chi connectivity index (χ4n) is 6.44. The van der Waals surface area contributed by atoms with Crippen LogP contribution < -0.4 is 10.6 Å². The van der Waals surface area contributed by atoms with E-state index in [0.29, 0.717) is 6.54 Å². The number of anilines is 2. The Bertz CT molecular complexity index is 2050. The van der Waals surface area contributed by atoms with Crippen LogP contribution in [-0.2, 0) is 9.53 Å².